The first-order valence-corrected chi connectivity index (χ1v) is 6.04. The van der Waals surface area contributed by atoms with Crippen molar-refractivity contribution < 1.29 is 4.79 Å². The summed E-state index contributed by atoms with van der Waals surface area (Å²) in [6.45, 7) is 4.54. The minimum absolute atomic E-state index is 0.337. The van der Waals surface area contributed by atoms with Crippen molar-refractivity contribution in [3.05, 3.63) is 29.2 Å². The van der Waals surface area contributed by atoms with Gasteiger partial charge >= 0.3 is 0 Å². The number of aromatic nitrogens is 2. The Morgan fingerprint density at radius 2 is 2.39 bits per heavy atom. The summed E-state index contributed by atoms with van der Waals surface area (Å²) in [5.41, 5.74) is 7.46. The molecule has 2 heterocycles. The summed E-state index contributed by atoms with van der Waals surface area (Å²) in [4.78, 5) is 11.5. The zero-order chi connectivity index (χ0) is 13.3. The largest absolute Gasteiger partial charge is 0.366 e. The lowest BCUT2D eigenvalue weighted by atomic mass is 9.98. The molecule has 18 heavy (non-hydrogen) atoms. The number of nitrogens with two attached hydrogens (primary N) is 1. The highest BCUT2D eigenvalue weighted by atomic mass is 32.1. The number of aryl methyl sites for hydroxylation is 1. The molecule has 0 saturated carbocycles. The average Bonchev–Trinajstić information content (AvgIpc) is 2.75. The maximum Gasteiger partial charge on any atom is 0.248 e. The zero-order valence-corrected chi connectivity index (χ0v) is 11.0. The fourth-order valence-corrected chi connectivity index (χ4v) is 2.24. The molecule has 0 radical (unpaired) electrons. The molecule has 1 aromatic heterocycles. The quantitative estimate of drug-likeness (QED) is 0.679. The second-order valence-corrected chi connectivity index (χ2v) is 4.47. The smallest absolute Gasteiger partial charge is 0.248 e. The summed E-state index contributed by atoms with van der Waals surface area (Å²) < 4.78 is 1.79. The van der Waals surface area contributed by atoms with Gasteiger partial charge in [-0.25, -0.2) is 0 Å². The van der Waals surface area contributed by atoms with Crippen molar-refractivity contribution in [2.75, 3.05) is 0 Å². The topological polar surface area (TPSA) is 85.0 Å². The molecular weight excluding hydrogens is 250 g/mol. The van der Waals surface area contributed by atoms with Crippen molar-refractivity contribution in [1.29, 1.82) is 0 Å². The molecule has 6 nitrogen and oxygen atoms in total. The standard InChI is InChI=1S/C11H15N5OS/c1-3-16-5-7(4-13-16)9-8(10(12)17)6(2)14-11(18)15-9/h4-5,9H,3H2,1-2H3,(H2,12,17)(H2,14,15,18)/t9-/m1/s1. The third kappa shape index (κ3) is 2.21. The van der Waals surface area contributed by atoms with Crippen LogP contribution in [0.4, 0.5) is 0 Å². The molecule has 1 amide bonds. The number of carbonyl (C=O) groups excluding carboxylic acids is 1. The molecule has 1 aromatic rings. The Bertz CT molecular complexity index is 533. The molecule has 96 valence electrons. The predicted molar refractivity (Wildman–Crippen MR) is 71.4 cm³/mol. The number of rotatable bonds is 3. The van der Waals surface area contributed by atoms with E-state index in [1.165, 1.54) is 0 Å². The van der Waals surface area contributed by atoms with Crippen molar-refractivity contribution >= 4 is 23.2 Å². The van der Waals surface area contributed by atoms with Crippen LogP contribution in [0.1, 0.15) is 25.5 Å². The van der Waals surface area contributed by atoms with Gasteiger partial charge < -0.3 is 16.4 Å². The molecule has 1 aliphatic rings. The lowest BCUT2D eigenvalue weighted by molar-refractivity contribution is -0.115. The van der Waals surface area contributed by atoms with Gasteiger partial charge in [-0.15, -0.1) is 0 Å². The first-order chi connectivity index (χ1) is 8.52. The fourth-order valence-electron chi connectivity index (χ4n) is 1.97. The molecule has 0 bridgehead atoms. The number of nitrogens with zero attached hydrogens (tertiary/aromatic N) is 2. The number of primary amides is 1. The highest BCUT2D eigenvalue weighted by Crippen LogP contribution is 2.25. The predicted octanol–water partition coefficient (Wildman–Crippen LogP) is 0.181. The normalized spacial score (nSPS) is 19.4. The molecule has 1 atom stereocenters. The van der Waals surface area contributed by atoms with Gasteiger partial charge in [0.05, 0.1) is 17.8 Å². The summed E-state index contributed by atoms with van der Waals surface area (Å²) in [7, 11) is 0. The van der Waals surface area contributed by atoms with E-state index in [9.17, 15) is 4.79 Å². The van der Waals surface area contributed by atoms with E-state index in [1.54, 1.807) is 17.8 Å². The van der Waals surface area contributed by atoms with Crippen LogP contribution in [-0.2, 0) is 11.3 Å². The number of amides is 1. The highest BCUT2D eigenvalue weighted by Gasteiger charge is 2.29. The van der Waals surface area contributed by atoms with Crippen molar-refractivity contribution in [2.24, 2.45) is 5.73 Å². The van der Waals surface area contributed by atoms with E-state index < -0.39 is 5.91 Å². The van der Waals surface area contributed by atoms with Gasteiger partial charge in [-0.2, -0.15) is 5.10 Å². The van der Waals surface area contributed by atoms with Crippen molar-refractivity contribution in [1.82, 2.24) is 20.4 Å². The van der Waals surface area contributed by atoms with Gasteiger partial charge in [-0.1, -0.05) is 0 Å². The Balaban J connectivity index is 2.43. The number of hydrogen-bond acceptors (Lipinski definition) is 3. The van der Waals surface area contributed by atoms with Crippen LogP contribution in [0.3, 0.4) is 0 Å². The maximum atomic E-state index is 11.5. The summed E-state index contributed by atoms with van der Waals surface area (Å²) in [6, 6.07) is -0.337. The lowest BCUT2D eigenvalue weighted by Crippen LogP contribution is -2.45. The van der Waals surface area contributed by atoms with Gasteiger partial charge in [0, 0.05) is 24.0 Å². The van der Waals surface area contributed by atoms with Gasteiger partial charge in [-0.05, 0) is 26.1 Å². The first kappa shape index (κ1) is 12.6. The van der Waals surface area contributed by atoms with Gasteiger partial charge in [-0.3, -0.25) is 9.48 Å². The second kappa shape index (κ2) is 4.77. The second-order valence-electron chi connectivity index (χ2n) is 4.06. The minimum atomic E-state index is -0.468. The van der Waals surface area contributed by atoms with E-state index in [1.807, 2.05) is 13.1 Å². The first-order valence-electron chi connectivity index (χ1n) is 5.63. The SMILES string of the molecule is CCn1cc([C@H]2NC(=S)NC(C)=C2C(N)=O)cn1. The molecule has 1 aliphatic heterocycles. The third-order valence-electron chi connectivity index (χ3n) is 2.85. The molecule has 2 rings (SSSR count). The number of allylic oxidation sites excluding steroid dienone is 1. The van der Waals surface area contributed by atoms with E-state index >= 15 is 0 Å². The van der Waals surface area contributed by atoms with E-state index in [0.29, 0.717) is 16.4 Å². The monoisotopic (exact) mass is 265 g/mol. The Kier molecular flexibility index (Phi) is 3.33. The Labute approximate surface area is 110 Å². The van der Waals surface area contributed by atoms with Gasteiger partial charge in [0.15, 0.2) is 5.11 Å². The molecule has 0 spiro atoms. The van der Waals surface area contributed by atoms with Crippen molar-refractivity contribution in [3.8, 4) is 0 Å². The molecular formula is C11H15N5OS. The van der Waals surface area contributed by atoms with Crippen LogP contribution >= 0.6 is 12.2 Å². The summed E-state index contributed by atoms with van der Waals surface area (Å²) in [5.74, 6) is -0.468. The van der Waals surface area contributed by atoms with Gasteiger partial charge in [0.2, 0.25) is 5.91 Å². The Morgan fingerprint density at radius 1 is 1.67 bits per heavy atom. The number of hydrogen-bond donors (Lipinski definition) is 3. The summed E-state index contributed by atoms with van der Waals surface area (Å²) in [6.07, 6.45) is 3.59. The maximum absolute atomic E-state index is 11.5. The molecule has 0 unspecified atom stereocenters. The molecule has 0 aromatic carbocycles. The highest BCUT2D eigenvalue weighted by molar-refractivity contribution is 7.80. The number of nitrogens with one attached hydrogen (secondary N) is 2. The lowest BCUT2D eigenvalue weighted by Gasteiger charge is -2.28. The van der Waals surface area contributed by atoms with Crippen LogP contribution in [0.15, 0.2) is 23.7 Å². The zero-order valence-electron chi connectivity index (χ0n) is 10.2. The van der Waals surface area contributed by atoms with Gasteiger partial charge in [0.25, 0.3) is 0 Å². The molecule has 0 fully saturated rings. The fraction of sp³-hybridized carbons (Fsp3) is 0.364. The molecule has 7 heteroatoms. The van der Waals surface area contributed by atoms with Crippen LogP contribution in [-0.4, -0.2) is 20.8 Å². The van der Waals surface area contributed by atoms with Crippen LogP contribution in [0, 0.1) is 0 Å². The Morgan fingerprint density at radius 3 is 2.94 bits per heavy atom. The third-order valence-corrected chi connectivity index (χ3v) is 3.07. The van der Waals surface area contributed by atoms with E-state index in [2.05, 4.69) is 15.7 Å². The molecule has 0 aliphatic carbocycles. The minimum Gasteiger partial charge on any atom is -0.366 e. The van der Waals surface area contributed by atoms with Crippen LogP contribution in [0.25, 0.3) is 0 Å². The van der Waals surface area contributed by atoms with Crippen molar-refractivity contribution in [2.45, 2.75) is 26.4 Å². The van der Waals surface area contributed by atoms with Crippen LogP contribution in [0.5, 0.6) is 0 Å². The van der Waals surface area contributed by atoms with Crippen molar-refractivity contribution in [3.63, 3.8) is 0 Å². The van der Waals surface area contributed by atoms with E-state index in [-0.39, 0.29) is 6.04 Å². The van der Waals surface area contributed by atoms with Gasteiger partial charge in [0.1, 0.15) is 0 Å². The van der Waals surface area contributed by atoms with Crippen LogP contribution < -0.4 is 16.4 Å². The number of carbonyl (C=O) groups is 1. The van der Waals surface area contributed by atoms with E-state index in [0.717, 1.165) is 12.1 Å². The molecule has 0 saturated heterocycles. The van der Waals surface area contributed by atoms with E-state index in [4.69, 9.17) is 18.0 Å². The van der Waals surface area contributed by atoms with Crippen LogP contribution in [0.2, 0.25) is 0 Å². The average molecular weight is 265 g/mol. The Hall–Kier alpha value is -1.89. The summed E-state index contributed by atoms with van der Waals surface area (Å²) in [5, 5.41) is 10.6. The molecule has 4 N–H and O–H groups in total. The number of thiocarbonyl (C=S) groups is 1. The summed E-state index contributed by atoms with van der Waals surface area (Å²) >= 11 is 5.10.